The monoisotopic (exact) mass is 295 g/mol. The first kappa shape index (κ1) is 11.3. The fourth-order valence-electron chi connectivity index (χ4n) is 0.832. The Labute approximate surface area is 93.3 Å². The molecule has 0 saturated carbocycles. The molecule has 4 nitrogen and oxygen atoms in total. The van der Waals surface area contributed by atoms with Crippen molar-refractivity contribution in [2.45, 2.75) is 4.90 Å². The molecule has 0 unspecified atom stereocenters. The molecule has 1 aromatic carbocycles. The van der Waals surface area contributed by atoms with Crippen LogP contribution in [0.2, 0.25) is 0 Å². The molecule has 0 atom stereocenters. The van der Waals surface area contributed by atoms with Gasteiger partial charge in [0.05, 0.1) is 10.0 Å². The third-order valence-corrected chi connectivity index (χ3v) is 3.43. The fourth-order valence-corrected chi connectivity index (χ4v) is 2.18. The van der Waals surface area contributed by atoms with Crippen molar-refractivity contribution in [3.05, 3.63) is 22.2 Å². The lowest BCUT2D eigenvalue weighted by molar-refractivity contribution is 0.469. The number of rotatable bonds is 1. The van der Waals surface area contributed by atoms with Crippen molar-refractivity contribution in [2.24, 2.45) is 0 Å². The van der Waals surface area contributed by atoms with Gasteiger partial charge in [0.2, 0.25) is 0 Å². The van der Waals surface area contributed by atoms with Crippen LogP contribution in [0.15, 0.2) is 21.5 Å². The molecule has 0 radical (unpaired) electrons. The Morgan fingerprint density at radius 1 is 1.50 bits per heavy atom. The summed E-state index contributed by atoms with van der Waals surface area (Å²) in [7, 11) is 1.05. The molecule has 0 aliphatic carbocycles. The number of hydrogen-bond acceptors (Lipinski definition) is 4. The van der Waals surface area contributed by atoms with Crippen molar-refractivity contribution in [3.8, 4) is 11.8 Å². The van der Waals surface area contributed by atoms with E-state index >= 15 is 0 Å². The van der Waals surface area contributed by atoms with Crippen molar-refractivity contribution in [3.63, 3.8) is 0 Å². The van der Waals surface area contributed by atoms with Gasteiger partial charge in [0.1, 0.15) is 16.7 Å². The number of nitriles is 1. The molecule has 0 aliphatic rings. The second-order valence-electron chi connectivity index (χ2n) is 2.35. The van der Waals surface area contributed by atoms with Crippen LogP contribution in [0.3, 0.4) is 0 Å². The van der Waals surface area contributed by atoms with E-state index in [0.717, 1.165) is 6.07 Å². The molecule has 0 aromatic heterocycles. The van der Waals surface area contributed by atoms with Gasteiger partial charge in [-0.05, 0) is 22.0 Å². The second kappa shape index (κ2) is 3.77. The van der Waals surface area contributed by atoms with Crippen LogP contribution in [0, 0.1) is 11.3 Å². The van der Waals surface area contributed by atoms with Crippen molar-refractivity contribution in [1.82, 2.24) is 0 Å². The normalized spacial score (nSPS) is 10.9. The van der Waals surface area contributed by atoms with Crippen LogP contribution >= 0.6 is 26.6 Å². The zero-order valence-corrected chi connectivity index (χ0v) is 9.69. The molecule has 7 heteroatoms. The van der Waals surface area contributed by atoms with Crippen molar-refractivity contribution in [2.75, 3.05) is 0 Å². The van der Waals surface area contributed by atoms with E-state index < -0.39 is 13.9 Å². The lowest BCUT2D eigenvalue weighted by atomic mass is 10.2. The lowest BCUT2D eigenvalue weighted by Gasteiger charge is -2.02. The van der Waals surface area contributed by atoms with Crippen LogP contribution in [-0.2, 0) is 9.05 Å². The molecule has 74 valence electrons. The molecular formula is C7H3BrClNO3S. The van der Waals surface area contributed by atoms with Crippen molar-refractivity contribution in [1.29, 1.82) is 5.26 Å². The van der Waals surface area contributed by atoms with Crippen molar-refractivity contribution < 1.29 is 13.5 Å². The third-order valence-electron chi connectivity index (χ3n) is 1.43. The first-order chi connectivity index (χ1) is 6.36. The minimum absolute atomic E-state index is 0.121. The molecule has 0 aliphatic heterocycles. The Balaban J connectivity index is 3.61. The maximum Gasteiger partial charge on any atom is 0.262 e. The van der Waals surface area contributed by atoms with E-state index in [0.29, 0.717) is 0 Å². The highest BCUT2D eigenvalue weighted by Gasteiger charge is 2.18. The SMILES string of the molecule is N#Cc1cc(Br)c(O)cc1S(=O)(=O)Cl. The Hall–Kier alpha value is -0.770. The Morgan fingerprint density at radius 2 is 2.07 bits per heavy atom. The number of phenols is 1. The minimum atomic E-state index is -4.02. The molecule has 0 saturated heterocycles. The summed E-state index contributed by atoms with van der Waals surface area (Å²) in [6, 6.07) is 3.77. The van der Waals surface area contributed by atoms with Crippen LogP contribution in [0.1, 0.15) is 5.56 Å². The average molecular weight is 297 g/mol. The Kier molecular flexibility index (Phi) is 3.04. The van der Waals surface area contributed by atoms with Crippen LogP contribution < -0.4 is 0 Å². The summed E-state index contributed by atoms with van der Waals surface area (Å²) in [5.74, 6) is -0.289. The van der Waals surface area contributed by atoms with Gasteiger partial charge in [-0.2, -0.15) is 5.26 Å². The number of aromatic hydroxyl groups is 1. The van der Waals surface area contributed by atoms with Gasteiger partial charge in [-0.15, -0.1) is 0 Å². The largest absolute Gasteiger partial charge is 0.507 e. The summed E-state index contributed by atoms with van der Waals surface area (Å²) >= 11 is 2.95. The Morgan fingerprint density at radius 3 is 2.50 bits per heavy atom. The van der Waals surface area contributed by atoms with Crippen LogP contribution in [0.4, 0.5) is 0 Å². The zero-order valence-electron chi connectivity index (χ0n) is 6.53. The van der Waals surface area contributed by atoms with Gasteiger partial charge < -0.3 is 5.11 Å². The smallest absolute Gasteiger partial charge is 0.262 e. The third kappa shape index (κ3) is 2.18. The van der Waals surface area contributed by atoms with Gasteiger partial charge in [-0.1, -0.05) is 0 Å². The van der Waals surface area contributed by atoms with Crippen LogP contribution in [0.25, 0.3) is 0 Å². The van der Waals surface area contributed by atoms with E-state index in [1.54, 1.807) is 6.07 Å². The number of benzene rings is 1. The van der Waals surface area contributed by atoms with Gasteiger partial charge in [-0.3, -0.25) is 0 Å². The number of halogens is 2. The molecule has 14 heavy (non-hydrogen) atoms. The lowest BCUT2D eigenvalue weighted by Crippen LogP contribution is -1.95. The van der Waals surface area contributed by atoms with E-state index in [2.05, 4.69) is 15.9 Å². The first-order valence-corrected chi connectivity index (χ1v) is 6.33. The molecule has 1 aromatic rings. The summed E-state index contributed by atoms with van der Waals surface area (Å²) in [6.07, 6.45) is 0. The number of hydrogen-bond donors (Lipinski definition) is 1. The topological polar surface area (TPSA) is 78.2 Å². The number of phenolic OH excluding ortho intramolecular Hbond substituents is 1. The molecule has 0 heterocycles. The highest BCUT2D eigenvalue weighted by atomic mass is 79.9. The maximum atomic E-state index is 11.0. The molecule has 1 rings (SSSR count). The Bertz CT molecular complexity index is 520. The van der Waals surface area contributed by atoms with Crippen molar-refractivity contribution >= 4 is 35.7 Å². The average Bonchev–Trinajstić information content (AvgIpc) is 2.07. The molecule has 1 N–H and O–H groups in total. The molecule has 0 amide bonds. The van der Waals surface area contributed by atoms with Gasteiger partial charge in [0.25, 0.3) is 9.05 Å². The van der Waals surface area contributed by atoms with Crippen LogP contribution in [0.5, 0.6) is 5.75 Å². The quantitative estimate of drug-likeness (QED) is 0.804. The van der Waals surface area contributed by atoms with E-state index in [4.69, 9.17) is 15.9 Å². The van der Waals surface area contributed by atoms with E-state index in [1.165, 1.54) is 6.07 Å². The fraction of sp³-hybridized carbons (Fsp3) is 0. The maximum absolute atomic E-state index is 11.0. The highest BCUT2D eigenvalue weighted by Crippen LogP contribution is 2.31. The second-order valence-corrected chi connectivity index (χ2v) is 5.74. The molecule has 0 fully saturated rings. The first-order valence-electron chi connectivity index (χ1n) is 3.23. The minimum Gasteiger partial charge on any atom is -0.507 e. The zero-order chi connectivity index (χ0) is 10.9. The predicted molar refractivity (Wildman–Crippen MR) is 53.6 cm³/mol. The predicted octanol–water partition coefficient (Wildman–Crippen LogP) is 1.95. The summed E-state index contributed by atoms with van der Waals surface area (Å²) in [5, 5.41) is 17.8. The van der Waals surface area contributed by atoms with Gasteiger partial charge >= 0.3 is 0 Å². The van der Waals surface area contributed by atoms with E-state index in [-0.39, 0.29) is 15.8 Å². The van der Waals surface area contributed by atoms with E-state index in [9.17, 15) is 13.5 Å². The number of nitrogens with zero attached hydrogens (tertiary/aromatic N) is 1. The highest BCUT2D eigenvalue weighted by molar-refractivity contribution is 9.10. The summed E-state index contributed by atoms with van der Waals surface area (Å²) in [6.45, 7) is 0. The molecule has 0 bridgehead atoms. The standard InChI is InChI=1S/C7H3BrClNO3S/c8-5-1-4(3-10)7(2-6(5)11)14(9,12)13/h1-2,11H. The summed E-state index contributed by atoms with van der Waals surface area (Å²) in [5.41, 5.74) is -0.121. The van der Waals surface area contributed by atoms with Gasteiger partial charge in [-0.25, -0.2) is 8.42 Å². The molecule has 0 spiro atoms. The van der Waals surface area contributed by atoms with Gasteiger partial charge in [0.15, 0.2) is 0 Å². The van der Waals surface area contributed by atoms with Gasteiger partial charge in [0, 0.05) is 16.7 Å². The molecular weight excluding hydrogens is 294 g/mol. The summed E-state index contributed by atoms with van der Waals surface area (Å²) < 4.78 is 22.2. The summed E-state index contributed by atoms with van der Waals surface area (Å²) in [4.78, 5) is -0.401. The van der Waals surface area contributed by atoms with E-state index in [1.807, 2.05) is 0 Å². The van der Waals surface area contributed by atoms with Crippen LogP contribution in [-0.4, -0.2) is 13.5 Å².